The van der Waals surface area contributed by atoms with Crippen molar-refractivity contribution in [2.75, 3.05) is 24.5 Å². The number of aromatic nitrogens is 2. The molecule has 6 nitrogen and oxygen atoms in total. The van der Waals surface area contributed by atoms with Gasteiger partial charge in [0.25, 0.3) is 5.91 Å². The van der Waals surface area contributed by atoms with Crippen LogP contribution < -0.4 is 15.6 Å². The number of hydrogen-bond acceptors (Lipinski definition) is 4. The second-order valence-corrected chi connectivity index (χ2v) is 7.97. The lowest BCUT2D eigenvalue weighted by atomic mass is 10.1. The van der Waals surface area contributed by atoms with E-state index in [0.717, 1.165) is 25.2 Å². The highest BCUT2D eigenvalue weighted by Crippen LogP contribution is 2.23. The Bertz CT molecular complexity index is 1100. The number of benzene rings is 2. The van der Waals surface area contributed by atoms with Crippen molar-refractivity contribution in [2.24, 2.45) is 5.92 Å². The van der Waals surface area contributed by atoms with E-state index >= 15 is 0 Å². The van der Waals surface area contributed by atoms with Crippen LogP contribution in [-0.4, -0.2) is 35.3 Å². The second kappa shape index (κ2) is 8.71. The van der Waals surface area contributed by atoms with Crippen LogP contribution in [0.3, 0.4) is 0 Å². The molecule has 1 aromatic heterocycles. The molecule has 7 heteroatoms. The number of carbonyl (C=O) groups is 1. The average molecular weight is 423 g/mol. The minimum absolute atomic E-state index is 0.103. The summed E-state index contributed by atoms with van der Waals surface area (Å²) in [7, 11) is 0. The average Bonchev–Trinajstić information content (AvgIpc) is 3.23. The summed E-state index contributed by atoms with van der Waals surface area (Å²) in [5.74, 6) is -0.112. The molecular weight excluding hydrogens is 400 g/mol. The van der Waals surface area contributed by atoms with Crippen molar-refractivity contribution in [3.05, 3.63) is 87.3 Å². The van der Waals surface area contributed by atoms with Gasteiger partial charge in [-0.05, 0) is 55.7 Å². The van der Waals surface area contributed by atoms with Gasteiger partial charge in [-0.2, -0.15) is 5.10 Å². The van der Waals surface area contributed by atoms with E-state index in [0.29, 0.717) is 23.2 Å². The Morgan fingerprint density at radius 1 is 1.13 bits per heavy atom. The maximum Gasteiger partial charge on any atom is 0.275 e. The minimum Gasteiger partial charge on any atom is -0.371 e. The summed E-state index contributed by atoms with van der Waals surface area (Å²) in [6.45, 7) is 4.12. The Hall–Kier alpha value is -3.12. The molecule has 1 saturated heterocycles. The third kappa shape index (κ3) is 4.39. The van der Waals surface area contributed by atoms with Gasteiger partial charge in [0, 0.05) is 42.1 Å². The van der Waals surface area contributed by atoms with Gasteiger partial charge in [-0.25, -0.2) is 4.68 Å². The van der Waals surface area contributed by atoms with E-state index in [2.05, 4.69) is 27.4 Å². The Balaban J connectivity index is 1.44. The number of nitrogens with one attached hydrogen (secondary N) is 1. The first-order valence-corrected chi connectivity index (χ1v) is 10.3. The zero-order valence-corrected chi connectivity index (χ0v) is 17.5. The summed E-state index contributed by atoms with van der Waals surface area (Å²) in [5.41, 5.74) is 2.09. The van der Waals surface area contributed by atoms with E-state index < -0.39 is 5.91 Å². The molecule has 0 radical (unpaired) electrons. The fourth-order valence-corrected chi connectivity index (χ4v) is 3.87. The van der Waals surface area contributed by atoms with Crippen molar-refractivity contribution in [2.45, 2.75) is 13.3 Å². The summed E-state index contributed by atoms with van der Waals surface area (Å²) in [5, 5.41) is 7.82. The van der Waals surface area contributed by atoms with Crippen LogP contribution in [0.2, 0.25) is 5.02 Å². The van der Waals surface area contributed by atoms with Crippen LogP contribution >= 0.6 is 11.6 Å². The van der Waals surface area contributed by atoms with Crippen LogP contribution in [0.25, 0.3) is 5.69 Å². The van der Waals surface area contributed by atoms with E-state index in [9.17, 15) is 9.59 Å². The topological polar surface area (TPSA) is 67.2 Å². The molecule has 0 unspecified atom stereocenters. The molecule has 1 amide bonds. The number of para-hydroxylation sites is 1. The molecule has 1 aliphatic heterocycles. The van der Waals surface area contributed by atoms with Gasteiger partial charge in [-0.15, -0.1) is 0 Å². The van der Waals surface area contributed by atoms with Gasteiger partial charge in [0.05, 0.1) is 5.69 Å². The van der Waals surface area contributed by atoms with Crippen molar-refractivity contribution in [1.82, 2.24) is 15.1 Å². The maximum absolute atomic E-state index is 12.7. The monoisotopic (exact) mass is 422 g/mol. The highest BCUT2D eigenvalue weighted by atomic mass is 35.5. The van der Waals surface area contributed by atoms with Crippen LogP contribution in [-0.2, 0) is 0 Å². The fraction of sp³-hybridized carbons (Fsp3) is 0.261. The third-order valence-electron chi connectivity index (χ3n) is 5.35. The molecule has 2 heterocycles. The Morgan fingerprint density at radius 2 is 1.87 bits per heavy atom. The fourth-order valence-electron chi connectivity index (χ4n) is 3.74. The summed E-state index contributed by atoms with van der Waals surface area (Å²) in [6.07, 6.45) is 0.992. The smallest absolute Gasteiger partial charge is 0.275 e. The predicted octanol–water partition coefficient (Wildman–Crippen LogP) is 3.45. The minimum atomic E-state index is -0.444. The van der Waals surface area contributed by atoms with Crippen molar-refractivity contribution in [3.63, 3.8) is 0 Å². The molecule has 1 aliphatic rings. The quantitative estimate of drug-likeness (QED) is 0.683. The van der Waals surface area contributed by atoms with Gasteiger partial charge in [0.15, 0.2) is 5.69 Å². The Kier molecular flexibility index (Phi) is 5.86. The molecular formula is C23H23ClN4O2. The number of amides is 1. The molecule has 30 heavy (non-hydrogen) atoms. The van der Waals surface area contributed by atoms with Crippen LogP contribution in [0.1, 0.15) is 22.6 Å². The SMILES string of the molecule is Cc1cc(=O)c(C(=O)NC[C@H]2CCN(c3ccccc3)C2)nn1-c1ccc(Cl)cc1. The summed E-state index contributed by atoms with van der Waals surface area (Å²) in [6, 6.07) is 18.8. The zero-order chi connectivity index (χ0) is 21.1. The zero-order valence-electron chi connectivity index (χ0n) is 16.7. The molecule has 154 valence electrons. The molecule has 1 atom stereocenters. The normalized spacial score (nSPS) is 15.9. The van der Waals surface area contributed by atoms with Gasteiger partial charge in [-0.3, -0.25) is 9.59 Å². The highest BCUT2D eigenvalue weighted by Gasteiger charge is 2.24. The number of carbonyl (C=O) groups excluding carboxylic acids is 1. The van der Waals surface area contributed by atoms with E-state index in [1.807, 2.05) is 18.2 Å². The number of anilines is 1. The number of rotatable bonds is 5. The summed E-state index contributed by atoms with van der Waals surface area (Å²) >= 11 is 5.95. The molecule has 3 aromatic rings. The number of nitrogens with zero attached hydrogens (tertiary/aromatic N) is 3. The van der Waals surface area contributed by atoms with Crippen LogP contribution in [0, 0.1) is 12.8 Å². The van der Waals surface area contributed by atoms with Crippen LogP contribution in [0.4, 0.5) is 5.69 Å². The Morgan fingerprint density at radius 3 is 2.60 bits per heavy atom. The van der Waals surface area contributed by atoms with Gasteiger partial charge in [-0.1, -0.05) is 29.8 Å². The number of aryl methyl sites for hydroxylation is 1. The third-order valence-corrected chi connectivity index (χ3v) is 5.60. The molecule has 0 spiro atoms. The Labute approximate surface area is 180 Å². The first-order chi connectivity index (χ1) is 14.5. The first kappa shape index (κ1) is 20.2. The first-order valence-electron chi connectivity index (χ1n) is 9.96. The number of halogens is 1. The maximum atomic E-state index is 12.7. The van der Waals surface area contributed by atoms with Crippen LogP contribution in [0.5, 0.6) is 0 Å². The van der Waals surface area contributed by atoms with Gasteiger partial charge in [0.1, 0.15) is 0 Å². The predicted molar refractivity (Wildman–Crippen MR) is 119 cm³/mol. The number of hydrogen-bond donors (Lipinski definition) is 1. The van der Waals surface area contributed by atoms with Crippen molar-refractivity contribution in [1.29, 1.82) is 0 Å². The van der Waals surface area contributed by atoms with E-state index in [1.165, 1.54) is 11.8 Å². The lowest BCUT2D eigenvalue weighted by molar-refractivity contribution is 0.0940. The molecule has 4 rings (SSSR count). The van der Waals surface area contributed by atoms with Crippen molar-refractivity contribution < 1.29 is 4.79 Å². The molecule has 0 aliphatic carbocycles. The highest BCUT2D eigenvalue weighted by molar-refractivity contribution is 6.30. The van der Waals surface area contributed by atoms with Gasteiger partial charge in [0.2, 0.25) is 5.43 Å². The summed E-state index contributed by atoms with van der Waals surface area (Å²) < 4.78 is 1.58. The molecule has 1 fully saturated rings. The van der Waals surface area contributed by atoms with Crippen molar-refractivity contribution >= 4 is 23.2 Å². The summed E-state index contributed by atoms with van der Waals surface area (Å²) in [4.78, 5) is 27.4. The molecule has 0 bridgehead atoms. The molecule has 2 aromatic carbocycles. The lowest BCUT2D eigenvalue weighted by Gasteiger charge is -2.18. The molecule has 0 saturated carbocycles. The van der Waals surface area contributed by atoms with Crippen molar-refractivity contribution in [3.8, 4) is 5.69 Å². The molecule has 1 N–H and O–H groups in total. The van der Waals surface area contributed by atoms with Gasteiger partial charge < -0.3 is 10.2 Å². The van der Waals surface area contributed by atoms with E-state index in [1.54, 1.807) is 35.9 Å². The van der Waals surface area contributed by atoms with E-state index in [4.69, 9.17) is 11.6 Å². The largest absolute Gasteiger partial charge is 0.371 e. The van der Waals surface area contributed by atoms with Crippen LogP contribution in [0.15, 0.2) is 65.5 Å². The second-order valence-electron chi connectivity index (χ2n) is 7.53. The lowest BCUT2D eigenvalue weighted by Crippen LogP contribution is -2.35. The van der Waals surface area contributed by atoms with E-state index in [-0.39, 0.29) is 11.1 Å². The standard InChI is InChI=1S/C23H23ClN4O2/c1-16-13-21(29)22(26-28(16)20-9-7-18(24)8-10-20)23(30)25-14-17-11-12-27(15-17)19-5-3-2-4-6-19/h2-10,13,17H,11-12,14-15H2,1H3,(H,25,30)/t17-/m1/s1. The van der Waals surface area contributed by atoms with Gasteiger partial charge >= 0.3 is 0 Å².